The Hall–Kier alpha value is -1.81. The molecule has 3 atom stereocenters. The second-order valence-electron chi connectivity index (χ2n) is 5.62. The van der Waals surface area contributed by atoms with Gasteiger partial charge in [-0.15, -0.1) is 0 Å². The molecule has 1 amide bonds. The molecule has 0 saturated carbocycles. The van der Waals surface area contributed by atoms with Crippen molar-refractivity contribution in [3.63, 3.8) is 0 Å². The van der Waals surface area contributed by atoms with Crippen molar-refractivity contribution in [2.45, 2.75) is 31.7 Å². The van der Waals surface area contributed by atoms with E-state index in [0.717, 1.165) is 17.7 Å². The number of amides is 1. The van der Waals surface area contributed by atoms with Gasteiger partial charge in [0.05, 0.1) is 7.11 Å². The van der Waals surface area contributed by atoms with E-state index >= 15 is 0 Å². The smallest absolute Gasteiger partial charge is 0.221 e. The average Bonchev–Trinajstić information content (AvgIpc) is 2.94. The lowest BCUT2D eigenvalue weighted by Gasteiger charge is -2.16. The van der Waals surface area contributed by atoms with Gasteiger partial charge in [-0.3, -0.25) is 4.79 Å². The van der Waals surface area contributed by atoms with Gasteiger partial charge in [-0.1, -0.05) is 31.2 Å². The summed E-state index contributed by atoms with van der Waals surface area (Å²) in [4.78, 5) is 12.1. The number of hydrogen-bond donors (Lipinski definition) is 2. The Labute approximate surface area is 125 Å². The Bertz CT molecular complexity index is 513. The van der Waals surface area contributed by atoms with Crippen LogP contribution >= 0.6 is 0 Å². The molecule has 0 fully saturated rings. The third-order valence-electron chi connectivity index (χ3n) is 3.91. The first-order valence-corrected chi connectivity index (χ1v) is 7.35. The number of ether oxygens (including phenoxy) is 1. The number of rotatable bonds is 6. The van der Waals surface area contributed by atoms with Crippen molar-refractivity contribution in [2.75, 3.05) is 13.7 Å². The highest BCUT2D eigenvalue weighted by molar-refractivity contribution is 5.77. The van der Waals surface area contributed by atoms with E-state index in [4.69, 9.17) is 9.84 Å². The number of methoxy groups -OCH3 is 1. The number of carbonyl (C=O) groups is 1. The van der Waals surface area contributed by atoms with Gasteiger partial charge in [0.2, 0.25) is 5.91 Å². The van der Waals surface area contributed by atoms with Crippen LogP contribution < -0.4 is 10.1 Å². The van der Waals surface area contributed by atoms with E-state index in [-0.39, 0.29) is 30.4 Å². The molecule has 2 rings (SSSR count). The van der Waals surface area contributed by atoms with Gasteiger partial charge >= 0.3 is 0 Å². The maximum atomic E-state index is 12.1. The fraction of sp³-hybridized carbons (Fsp3) is 0.471. The molecule has 2 N–H and O–H groups in total. The second-order valence-corrected chi connectivity index (χ2v) is 5.62. The summed E-state index contributed by atoms with van der Waals surface area (Å²) in [6, 6.07) is 7.86. The highest BCUT2D eigenvalue weighted by Gasteiger charge is 2.20. The minimum atomic E-state index is 0.0403. The summed E-state index contributed by atoms with van der Waals surface area (Å²) in [5.41, 5.74) is 1.10. The lowest BCUT2D eigenvalue weighted by molar-refractivity contribution is -0.121. The molecule has 0 bridgehead atoms. The normalized spacial score (nSPS) is 22.0. The molecule has 0 heterocycles. The van der Waals surface area contributed by atoms with Crippen LogP contribution in [0, 0.1) is 5.92 Å². The second kappa shape index (κ2) is 7.27. The quantitative estimate of drug-likeness (QED) is 0.790. The van der Waals surface area contributed by atoms with Gasteiger partial charge in [0.15, 0.2) is 0 Å². The molecule has 1 unspecified atom stereocenters. The summed E-state index contributed by atoms with van der Waals surface area (Å²) in [6.07, 6.45) is 5.17. The Kier molecular flexibility index (Phi) is 5.39. The number of aliphatic hydroxyl groups excluding tert-OH is 1. The Morgan fingerprint density at radius 2 is 2.29 bits per heavy atom. The highest BCUT2D eigenvalue weighted by atomic mass is 16.5. The molecule has 0 radical (unpaired) electrons. The van der Waals surface area contributed by atoms with Crippen molar-refractivity contribution >= 4 is 5.91 Å². The molecule has 0 aliphatic heterocycles. The van der Waals surface area contributed by atoms with Crippen molar-refractivity contribution in [3.05, 3.63) is 42.0 Å². The van der Waals surface area contributed by atoms with E-state index in [2.05, 4.69) is 5.32 Å². The molecule has 0 spiro atoms. The van der Waals surface area contributed by atoms with Crippen molar-refractivity contribution in [2.24, 2.45) is 5.92 Å². The fourth-order valence-corrected chi connectivity index (χ4v) is 2.63. The van der Waals surface area contributed by atoms with E-state index in [1.165, 1.54) is 0 Å². The zero-order valence-electron chi connectivity index (χ0n) is 12.6. The first-order chi connectivity index (χ1) is 10.1. The number of aliphatic hydroxyl groups is 1. The molecule has 1 aromatic rings. The summed E-state index contributed by atoms with van der Waals surface area (Å²) in [7, 11) is 1.64. The average molecular weight is 289 g/mol. The third-order valence-corrected chi connectivity index (χ3v) is 3.91. The molecule has 21 heavy (non-hydrogen) atoms. The zero-order chi connectivity index (χ0) is 15.2. The molecule has 1 aromatic carbocycles. The van der Waals surface area contributed by atoms with Crippen LogP contribution in [0.2, 0.25) is 0 Å². The lowest BCUT2D eigenvalue weighted by Crippen LogP contribution is -2.33. The van der Waals surface area contributed by atoms with Gasteiger partial charge in [0, 0.05) is 25.0 Å². The predicted octanol–water partition coefficient (Wildman–Crippen LogP) is 2.24. The van der Waals surface area contributed by atoms with Crippen LogP contribution in [0.5, 0.6) is 5.75 Å². The molecule has 1 aliphatic carbocycles. The zero-order valence-corrected chi connectivity index (χ0v) is 12.6. The fourth-order valence-electron chi connectivity index (χ4n) is 2.63. The summed E-state index contributed by atoms with van der Waals surface area (Å²) >= 11 is 0. The van der Waals surface area contributed by atoms with Crippen molar-refractivity contribution in [1.82, 2.24) is 5.32 Å². The molecule has 4 nitrogen and oxygen atoms in total. The highest BCUT2D eigenvalue weighted by Crippen LogP contribution is 2.23. The van der Waals surface area contributed by atoms with E-state index in [0.29, 0.717) is 6.42 Å². The molecule has 0 aromatic heterocycles. The SMILES string of the molecule is COc1cccc(C(C)CC(=O)N[C@@H]2C=C[C@H](CO)C2)c1. The molecular formula is C17H23NO3. The summed E-state index contributed by atoms with van der Waals surface area (Å²) in [5, 5.41) is 12.1. The van der Waals surface area contributed by atoms with Crippen LogP contribution in [-0.2, 0) is 4.79 Å². The largest absolute Gasteiger partial charge is 0.497 e. The number of nitrogens with one attached hydrogen (secondary N) is 1. The molecular weight excluding hydrogens is 266 g/mol. The van der Waals surface area contributed by atoms with Crippen molar-refractivity contribution in [3.8, 4) is 5.75 Å². The van der Waals surface area contributed by atoms with Gasteiger partial charge in [-0.05, 0) is 30.0 Å². The van der Waals surface area contributed by atoms with E-state index in [9.17, 15) is 4.79 Å². The van der Waals surface area contributed by atoms with Gasteiger partial charge in [-0.25, -0.2) is 0 Å². The van der Waals surface area contributed by atoms with E-state index in [1.807, 2.05) is 43.3 Å². The monoisotopic (exact) mass is 289 g/mol. The van der Waals surface area contributed by atoms with Crippen LogP contribution in [0.25, 0.3) is 0 Å². The van der Waals surface area contributed by atoms with Crippen molar-refractivity contribution in [1.29, 1.82) is 0 Å². The lowest BCUT2D eigenvalue weighted by atomic mass is 9.97. The first-order valence-electron chi connectivity index (χ1n) is 7.35. The van der Waals surface area contributed by atoms with E-state index in [1.54, 1.807) is 7.11 Å². The maximum absolute atomic E-state index is 12.1. The Morgan fingerprint density at radius 1 is 1.48 bits per heavy atom. The topological polar surface area (TPSA) is 58.6 Å². The standard InChI is InChI=1S/C17H23NO3/c1-12(14-4-3-5-16(10-14)21-2)8-17(20)18-15-7-6-13(9-15)11-19/h3-7,10,12-13,15,19H,8-9,11H2,1-2H3,(H,18,20)/t12?,13-,15+/m0/s1. The Balaban J connectivity index is 1.86. The van der Waals surface area contributed by atoms with Crippen LogP contribution in [-0.4, -0.2) is 30.8 Å². The van der Waals surface area contributed by atoms with Crippen LogP contribution in [0.4, 0.5) is 0 Å². The summed E-state index contributed by atoms with van der Waals surface area (Å²) in [6.45, 7) is 2.18. The van der Waals surface area contributed by atoms with E-state index < -0.39 is 0 Å². The van der Waals surface area contributed by atoms with Crippen LogP contribution in [0.3, 0.4) is 0 Å². The molecule has 4 heteroatoms. The minimum Gasteiger partial charge on any atom is -0.497 e. The molecule has 1 aliphatic rings. The van der Waals surface area contributed by atoms with Gasteiger partial charge in [0.1, 0.15) is 5.75 Å². The maximum Gasteiger partial charge on any atom is 0.221 e. The number of hydrogen-bond acceptors (Lipinski definition) is 3. The molecule has 114 valence electrons. The first kappa shape index (κ1) is 15.6. The summed E-state index contributed by atoms with van der Waals surface area (Å²) in [5.74, 6) is 1.16. The Morgan fingerprint density at radius 3 is 2.95 bits per heavy atom. The number of benzene rings is 1. The van der Waals surface area contributed by atoms with Gasteiger partial charge < -0.3 is 15.2 Å². The van der Waals surface area contributed by atoms with Crippen molar-refractivity contribution < 1.29 is 14.6 Å². The summed E-state index contributed by atoms with van der Waals surface area (Å²) < 4.78 is 5.21. The predicted molar refractivity (Wildman–Crippen MR) is 82.3 cm³/mol. The van der Waals surface area contributed by atoms with Gasteiger partial charge in [0.25, 0.3) is 0 Å². The molecule has 0 saturated heterocycles. The van der Waals surface area contributed by atoms with Crippen LogP contribution in [0.15, 0.2) is 36.4 Å². The van der Waals surface area contributed by atoms with Crippen LogP contribution in [0.1, 0.15) is 31.2 Å². The number of carbonyl (C=O) groups excluding carboxylic acids is 1. The van der Waals surface area contributed by atoms with Gasteiger partial charge in [-0.2, -0.15) is 0 Å². The minimum absolute atomic E-state index is 0.0403. The third kappa shape index (κ3) is 4.33.